The maximum absolute atomic E-state index is 14.4. The fourth-order valence-electron chi connectivity index (χ4n) is 9.20. The van der Waals surface area contributed by atoms with Crippen LogP contribution in [-0.4, -0.2) is 131 Å². The highest BCUT2D eigenvalue weighted by Crippen LogP contribution is 2.31. The van der Waals surface area contributed by atoms with E-state index < -0.39 is 64.0 Å². The predicted molar refractivity (Wildman–Crippen MR) is 248 cm³/mol. The lowest BCUT2D eigenvalue weighted by atomic mass is 9.83. The van der Waals surface area contributed by atoms with E-state index in [2.05, 4.69) is 10.0 Å². The first kappa shape index (κ1) is 54.1. The summed E-state index contributed by atoms with van der Waals surface area (Å²) in [6, 6.07) is 12.2. The van der Waals surface area contributed by atoms with Gasteiger partial charge in [-0.15, -0.1) is 0 Å². The van der Waals surface area contributed by atoms with Crippen molar-refractivity contribution < 1.29 is 41.9 Å². The molecule has 9 atom stereocenters. The summed E-state index contributed by atoms with van der Waals surface area (Å²) >= 11 is 0. The fraction of sp³-hybridized carbons (Fsp3) is 0.646. The van der Waals surface area contributed by atoms with Gasteiger partial charge in [-0.05, 0) is 68.0 Å². The fourth-order valence-corrected chi connectivity index (χ4v) is 10.2. The molecule has 2 aromatic rings. The van der Waals surface area contributed by atoms with E-state index in [1.165, 1.54) is 26.4 Å². The number of hydrogen-bond acceptors (Lipinski definition) is 11. The van der Waals surface area contributed by atoms with Crippen LogP contribution < -0.4 is 15.8 Å². The van der Waals surface area contributed by atoms with Crippen LogP contribution in [0.25, 0.3) is 0 Å². The molecule has 64 heavy (non-hydrogen) atoms. The Labute approximate surface area is 382 Å². The Hall–Kier alpha value is -4.22. The zero-order valence-corrected chi connectivity index (χ0v) is 41.0. The van der Waals surface area contributed by atoms with Crippen molar-refractivity contribution in [2.45, 2.75) is 135 Å². The van der Waals surface area contributed by atoms with Gasteiger partial charge in [0.05, 0.1) is 47.6 Å². The van der Waals surface area contributed by atoms with Crippen molar-refractivity contribution in [3.05, 3.63) is 65.7 Å². The van der Waals surface area contributed by atoms with Crippen LogP contribution in [0.15, 0.2) is 59.5 Å². The van der Waals surface area contributed by atoms with E-state index >= 15 is 0 Å². The molecule has 0 radical (unpaired) electrons. The number of Topliss-reactive ketones (excluding diaryl/α,β-unsaturated/α-hetero) is 1. The Kier molecular flexibility index (Phi) is 21.1. The van der Waals surface area contributed by atoms with Crippen molar-refractivity contribution in [2.24, 2.45) is 35.3 Å². The number of ether oxygens (including phenoxy) is 2. The Balaban J connectivity index is 1.83. The molecule has 0 bridgehead atoms. The number of likely N-dealkylation sites (tertiary alicyclic amines) is 1. The lowest BCUT2D eigenvalue weighted by Gasteiger charge is -2.41. The van der Waals surface area contributed by atoms with E-state index in [1.807, 2.05) is 66.6 Å². The molecule has 1 unspecified atom stereocenters. The van der Waals surface area contributed by atoms with E-state index in [0.29, 0.717) is 31.4 Å². The molecule has 1 fully saturated rings. The van der Waals surface area contributed by atoms with Crippen LogP contribution in [-0.2, 0) is 56.4 Å². The molecule has 2 aromatic carbocycles. The lowest BCUT2D eigenvalue weighted by Crippen LogP contribution is -2.55. The van der Waals surface area contributed by atoms with Gasteiger partial charge in [0.15, 0.2) is 5.78 Å². The Morgan fingerprint density at radius 2 is 1.47 bits per heavy atom. The molecule has 4 amide bonds. The van der Waals surface area contributed by atoms with Gasteiger partial charge in [-0.2, -0.15) is 0 Å². The predicted octanol–water partition coefficient (Wildman–Crippen LogP) is 4.42. The van der Waals surface area contributed by atoms with Gasteiger partial charge in [0.25, 0.3) is 15.9 Å². The summed E-state index contributed by atoms with van der Waals surface area (Å²) in [6.45, 7) is 14.3. The van der Waals surface area contributed by atoms with Crippen molar-refractivity contribution >= 4 is 39.4 Å². The van der Waals surface area contributed by atoms with Crippen molar-refractivity contribution in [1.82, 2.24) is 24.7 Å². The number of methoxy groups -OCH3 is 2. The highest BCUT2D eigenvalue weighted by atomic mass is 32.2. The largest absolute Gasteiger partial charge is 0.379 e. The van der Waals surface area contributed by atoms with Gasteiger partial charge in [0.1, 0.15) is 6.04 Å². The molecule has 0 saturated carbocycles. The second-order valence-electron chi connectivity index (χ2n) is 18.3. The maximum Gasteiger partial charge on any atom is 0.264 e. The van der Waals surface area contributed by atoms with E-state index in [4.69, 9.17) is 15.2 Å². The summed E-state index contributed by atoms with van der Waals surface area (Å²) in [5.41, 5.74) is 7.09. The first-order valence-corrected chi connectivity index (χ1v) is 24.1. The molecule has 1 saturated heterocycles. The third kappa shape index (κ3) is 14.1. The summed E-state index contributed by atoms with van der Waals surface area (Å²) in [4.78, 5) is 75.4. The summed E-state index contributed by atoms with van der Waals surface area (Å²) in [5.74, 6) is -3.36. The first-order chi connectivity index (χ1) is 30.1. The number of nitrogens with zero attached hydrogens (tertiary/aromatic N) is 3. The molecule has 1 aliphatic rings. The monoisotopic (exact) mass is 913 g/mol. The van der Waals surface area contributed by atoms with Crippen LogP contribution in [0.2, 0.25) is 0 Å². The van der Waals surface area contributed by atoms with Gasteiger partial charge >= 0.3 is 0 Å². The molecule has 1 aliphatic heterocycles. The van der Waals surface area contributed by atoms with Gasteiger partial charge < -0.3 is 30.3 Å². The highest BCUT2D eigenvalue weighted by molar-refractivity contribution is 7.90. The normalized spacial score (nSPS) is 18.2. The minimum atomic E-state index is -4.29. The minimum absolute atomic E-state index is 0.00787. The number of carbonyl (C=O) groups excluding carboxylic acids is 5. The zero-order chi connectivity index (χ0) is 48.1. The van der Waals surface area contributed by atoms with Crippen LogP contribution in [0.3, 0.4) is 0 Å². The minimum Gasteiger partial charge on any atom is -0.379 e. The average Bonchev–Trinajstić information content (AvgIpc) is 3.74. The molecule has 3 rings (SSSR count). The third-order valence-electron chi connectivity index (χ3n) is 12.9. The van der Waals surface area contributed by atoms with Crippen LogP contribution >= 0.6 is 0 Å². The van der Waals surface area contributed by atoms with Crippen LogP contribution in [0, 0.1) is 29.6 Å². The number of benzene rings is 2. The molecular formula is C48H76N6O9S. The Morgan fingerprint density at radius 1 is 0.844 bits per heavy atom. The standard InChI is InChI=1S/C48H76N6O9S/c1-13-32(6)44(53(10)48(59)37(30(2)3)27-40(55)43(31(4)5)52(8)9)41(62-11)28-42(56)54-25-17-20-39(54)45(63-12)33(7)46(57)50-38(26-34-18-15-14-16-19-34)47(58)51-64(60,61)36-23-21-35(29-49)22-24-36/h14-16,18-19,21-24,30-33,37-39,41,43-45H,13,17,20,25-29,49H2,1-12H3,(H,50,57)(H,51,58)/t32-,33+,37-,38?,39-,41+,43-,44-,45+/m0/s1. The van der Waals surface area contributed by atoms with Gasteiger partial charge in [-0.25, -0.2) is 13.1 Å². The van der Waals surface area contributed by atoms with Crippen LogP contribution in [0.4, 0.5) is 0 Å². The lowest BCUT2D eigenvalue weighted by molar-refractivity contribution is -0.149. The molecule has 0 spiro atoms. The van der Waals surface area contributed by atoms with E-state index in [-0.39, 0.29) is 72.1 Å². The Bertz CT molecular complexity index is 1940. The average molecular weight is 913 g/mol. The van der Waals surface area contributed by atoms with E-state index in [1.54, 1.807) is 60.2 Å². The smallest absolute Gasteiger partial charge is 0.264 e. The number of sulfonamides is 1. The second-order valence-corrected chi connectivity index (χ2v) is 20.0. The number of rotatable bonds is 25. The topological polar surface area (TPSA) is 198 Å². The van der Waals surface area contributed by atoms with Crippen LogP contribution in [0.5, 0.6) is 0 Å². The number of ketones is 1. The van der Waals surface area contributed by atoms with Gasteiger partial charge in [-0.1, -0.05) is 97.4 Å². The number of carbonyl (C=O) groups is 5. The second kappa shape index (κ2) is 24.9. The molecule has 358 valence electrons. The molecule has 0 aliphatic carbocycles. The zero-order valence-electron chi connectivity index (χ0n) is 40.2. The third-order valence-corrected chi connectivity index (χ3v) is 14.3. The van der Waals surface area contributed by atoms with Crippen molar-refractivity contribution in [2.75, 3.05) is 41.9 Å². The van der Waals surface area contributed by atoms with Gasteiger partial charge in [-0.3, -0.25) is 28.9 Å². The quantitative estimate of drug-likeness (QED) is 0.128. The molecule has 1 heterocycles. The first-order valence-electron chi connectivity index (χ1n) is 22.6. The summed E-state index contributed by atoms with van der Waals surface area (Å²) in [5, 5.41) is 2.79. The molecular weight excluding hydrogens is 837 g/mol. The Morgan fingerprint density at radius 3 is 1.98 bits per heavy atom. The van der Waals surface area contributed by atoms with E-state index in [0.717, 1.165) is 5.56 Å². The number of nitrogens with two attached hydrogens (primary N) is 1. The number of amides is 4. The SMILES string of the molecule is CC[C@H](C)[C@@H]([C@@H](CC(=O)N1CCC[C@H]1[C@H](OC)[C@@H](C)C(=O)NC(Cc1ccccc1)C(=O)NS(=O)(=O)c1ccc(CN)cc1)OC)N(C)C(=O)[C@@H](CC(=O)[C@H](C(C)C)N(C)C)C(C)C. The summed E-state index contributed by atoms with van der Waals surface area (Å²) < 4.78 is 40.8. The molecule has 4 N–H and O–H groups in total. The maximum atomic E-state index is 14.4. The van der Waals surface area contributed by atoms with Crippen molar-refractivity contribution in [3.63, 3.8) is 0 Å². The summed E-state index contributed by atoms with van der Waals surface area (Å²) in [7, 11) is 4.21. The number of nitrogens with one attached hydrogen (secondary N) is 2. The van der Waals surface area contributed by atoms with Crippen LogP contribution in [0.1, 0.15) is 91.7 Å². The molecule has 15 nitrogen and oxygen atoms in total. The van der Waals surface area contributed by atoms with Gasteiger partial charge in [0.2, 0.25) is 17.7 Å². The van der Waals surface area contributed by atoms with E-state index in [9.17, 15) is 32.4 Å². The van der Waals surface area contributed by atoms with Crippen molar-refractivity contribution in [3.8, 4) is 0 Å². The molecule has 0 aromatic heterocycles. The van der Waals surface area contributed by atoms with Crippen molar-refractivity contribution in [1.29, 1.82) is 0 Å². The highest BCUT2D eigenvalue weighted by Gasteiger charge is 2.44. The number of likely N-dealkylation sites (N-methyl/N-ethyl adjacent to an activating group) is 2. The van der Waals surface area contributed by atoms with Gasteiger partial charge in [0, 0.05) is 53.1 Å². The summed E-state index contributed by atoms with van der Waals surface area (Å²) in [6.07, 6.45) is 0.525. The molecule has 16 heteroatoms. The number of hydrogen-bond donors (Lipinski definition) is 3.